The summed E-state index contributed by atoms with van der Waals surface area (Å²) in [5.41, 5.74) is 7.79. The van der Waals surface area contributed by atoms with Crippen LogP contribution in [0.15, 0.2) is 43.0 Å². The average molecular weight is 443 g/mol. The maximum atomic E-state index is 12.6. The Hall–Kier alpha value is -3.16. The lowest BCUT2D eigenvalue weighted by Gasteiger charge is -2.43. The lowest BCUT2D eigenvalue weighted by atomic mass is 9.94. The van der Waals surface area contributed by atoms with Crippen molar-refractivity contribution in [3.8, 4) is 0 Å². The Balaban J connectivity index is 1.43. The third-order valence-electron chi connectivity index (χ3n) is 5.38. The van der Waals surface area contributed by atoms with Gasteiger partial charge in [-0.15, -0.1) is 0 Å². The number of rotatable bonds is 7. The number of amides is 1. The molecule has 12 nitrogen and oxygen atoms in total. The lowest BCUT2D eigenvalue weighted by molar-refractivity contribution is -0.185. The molecule has 1 aliphatic heterocycles. The smallest absolute Gasteiger partial charge is 0.237 e. The minimum Gasteiger partial charge on any atom is -0.394 e. The number of fused-ring (bicyclic) bond motifs is 1. The van der Waals surface area contributed by atoms with Crippen LogP contribution in [0.2, 0.25) is 0 Å². The topological polar surface area (TPSA) is 192 Å². The number of aromatic amines is 1. The highest BCUT2D eigenvalue weighted by molar-refractivity contribution is 5.83. The van der Waals surface area contributed by atoms with Gasteiger partial charge < -0.3 is 41.4 Å². The lowest BCUT2D eigenvalue weighted by Crippen LogP contribution is -2.67. The second-order valence-corrected chi connectivity index (χ2v) is 7.56. The fourth-order valence-corrected chi connectivity index (χ4v) is 3.66. The van der Waals surface area contributed by atoms with Crippen LogP contribution in [0.4, 0.5) is 5.82 Å². The molecule has 3 aromatic rings. The largest absolute Gasteiger partial charge is 0.394 e. The van der Waals surface area contributed by atoms with E-state index in [-0.39, 0.29) is 0 Å². The SMILES string of the molecule is NC(Cc1ccccc1)C(=O)NC1[C@H](CO)O[C@H](Nc2ncnc3nc[nH]c23)[C@@H](O)[C@@H]1O. The molecule has 8 N–H and O–H groups in total. The fraction of sp³-hybridized carbons (Fsp3) is 0.400. The van der Waals surface area contributed by atoms with Crippen molar-refractivity contribution in [1.29, 1.82) is 0 Å². The molecule has 2 unspecified atom stereocenters. The predicted molar refractivity (Wildman–Crippen MR) is 113 cm³/mol. The number of aliphatic hydroxyl groups is 3. The summed E-state index contributed by atoms with van der Waals surface area (Å²) in [6.45, 7) is -0.510. The van der Waals surface area contributed by atoms with E-state index in [1.807, 2.05) is 30.3 Å². The Labute approximate surface area is 182 Å². The van der Waals surface area contributed by atoms with E-state index in [1.165, 1.54) is 12.7 Å². The monoisotopic (exact) mass is 443 g/mol. The molecule has 2 aromatic heterocycles. The van der Waals surface area contributed by atoms with E-state index < -0.39 is 49.1 Å². The molecule has 4 rings (SSSR count). The number of H-pyrrole nitrogens is 1. The van der Waals surface area contributed by atoms with E-state index in [9.17, 15) is 20.1 Å². The van der Waals surface area contributed by atoms with Gasteiger partial charge in [0.15, 0.2) is 17.7 Å². The number of nitrogens with zero attached hydrogens (tertiary/aromatic N) is 3. The summed E-state index contributed by atoms with van der Waals surface area (Å²) in [6.07, 6.45) is -1.98. The molecule has 1 aliphatic rings. The molecule has 3 heterocycles. The first-order chi connectivity index (χ1) is 15.5. The molecule has 1 aromatic carbocycles. The maximum Gasteiger partial charge on any atom is 0.237 e. The molecule has 1 amide bonds. The summed E-state index contributed by atoms with van der Waals surface area (Å²) in [7, 11) is 0. The Morgan fingerprint density at radius 1 is 1.19 bits per heavy atom. The van der Waals surface area contributed by atoms with Crippen molar-refractivity contribution in [2.24, 2.45) is 5.73 Å². The van der Waals surface area contributed by atoms with Gasteiger partial charge in [-0.05, 0) is 12.0 Å². The number of imidazole rings is 1. The second-order valence-electron chi connectivity index (χ2n) is 7.56. The molecule has 0 radical (unpaired) electrons. The van der Waals surface area contributed by atoms with Crippen LogP contribution < -0.4 is 16.4 Å². The Morgan fingerprint density at radius 2 is 1.97 bits per heavy atom. The van der Waals surface area contributed by atoms with E-state index in [1.54, 1.807) is 0 Å². The zero-order chi connectivity index (χ0) is 22.7. The van der Waals surface area contributed by atoms with E-state index in [0.717, 1.165) is 5.56 Å². The third kappa shape index (κ3) is 4.54. The van der Waals surface area contributed by atoms with Gasteiger partial charge in [0.1, 0.15) is 30.2 Å². The summed E-state index contributed by atoms with van der Waals surface area (Å²) >= 11 is 0. The quantitative estimate of drug-likeness (QED) is 0.220. The predicted octanol–water partition coefficient (Wildman–Crippen LogP) is -1.74. The molecule has 0 saturated carbocycles. The summed E-state index contributed by atoms with van der Waals surface area (Å²) in [6, 6.07) is 7.31. The molecule has 1 fully saturated rings. The van der Waals surface area contributed by atoms with E-state index in [0.29, 0.717) is 23.4 Å². The number of carbonyl (C=O) groups excluding carboxylic acids is 1. The van der Waals surface area contributed by atoms with Crippen molar-refractivity contribution in [2.75, 3.05) is 11.9 Å². The molecule has 0 aliphatic carbocycles. The van der Waals surface area contributed by atoms with E-state index in [2.05, 4.69) is 30.6 Å². The van der Waals surface area contributed by atoms with Gasteiger partial charge in [0.25, 0.3) is 0 Å². The molecule has 12 heteroatoms. The molecular formula is C20H25N7O5. The zero-order valence-electron chi connectivity index (χ0n) is 17.0. The van der Waals surface area contributed by atoms with E-state index in [4.69, 9.17) is 10.5 Å². The van der Waals surface area contributed by atoms with Gasteiger partial charge in [-0.3, -0.25) is 4.79 Å². The maximum absolute atomic E-state index is 12.6. The van der Waals surface area contributed by atoms with Gasteiger partial charge in [-0.25, -0.2) is 15.0 Å². The number of nitrogens with two attached hydrogens (primary N) is 1. The number of aliphatic hydroxyl groups excluding tert-OH is 3. The molecule has 170 valence electrons. The minimum atomic E-state index is -1.44. The molecule has 6 atom stereocenters. The van der Waals surface area contributed by atoms with Crippen molar-refractivity contribution in [2.45, 2.75) is 43.0 Å². The molecule has 1 saturated heterocycles. The fourth-order valence-electron chi connectivity index (χ4n) is 3.66. The Morgan fingerprint density at radius 3 is 2.72 bits per heavy atom. The second kappa shape index (κ2) is 9.54. The summed E-state index contributed by atoms with van der Waals surface area (Å²) < 4.78 is 5.74. The standard InChI is InChI=1S/C20H25N7O5/c21-11(6-10-4-2-1-3-5-10)19(31)26-13-12(7-28)32-20(16(30)15(13)29)27-18-14-17(23-8-22-14)24-9-25-18/h1-5,8-9,11-13,15-16,20,28-30H,6-7,21H2,(H,26,31)(H2,22,23,24,25,27)/t11?,12-,13?,15+,16-,20-/m0/s1. The van der Waals surface area contributed by atoms with Crippen LogP contribution in [0, 0.1) is 0 Å². The van der Waals surface area contributed by atoms with Crippen molar-refractivity contribution >= 4 is 22.9 Å². The molecule has 0 bridgehead atoms. The van der Waals surface area contributed by atoms with Crippen molar-refractivity contribution in [3.63, 3.8) is 0 Å². The average Bonchev–Trinajstić information content (AvgIpc) is 3.29. The molecular weight excluding hydrogens is 418 g/mol. The number of ether oxygens (including phenoxy) is 1. The highest BCUT2D eigenvalue weighted by Crippen LogP contribution is 2.24. The number of hydrogen-bond acceptors (Lipinski definition) is 10. The normalized spacial score (nSPS) is 26.6. The Bertz CT molecular complexity index is 1050. The highest BCUT2D eigenvalue weighted by Gasteiger charge is 2.45. The third-order valence-corrected chi connectivity index (χ3v) is 5.38. The van der Waals surface area contributed by atoms with E-state index >= 15 is 0 Å². The minimum absolute atomic E-state index is 0.292. The highest BCUT2D eigenvalue weighted by atomic mass is 16.5. The van der Waals surface area contributed by atoms with Crippen LogP contribution in [-0.4, -0.2) is 84.4 Å². The van der Waals surface area contributed by atoms with Crippen molar-refractivity contribution in [3.05, 3.63) is 48.5 Å². The van der Waals surface area contributed by atoms with Crippen LogP contribution in [-0.2, 0) is 16.0 Å². The van der Waals surface area contributed by atoms with Crippen molar-refractivity contribution < 1.29 is 24.9 Å². The van der Waals surface area contributed by atoms with Gasteiger partial charge in [-0.2, -0.15) is 0 Å². The number of anilines is 1. The van der Waals surface area contributed by atoms with Crippen LogP contribution in [0.3, 0.4) is 0 Å². The Kier molecular flexibility index (Phi) is 6.58. The first-order valence-corrected chi connectivity index (χ1v) is 10.1. The van der Waals surface area contributed by atoms with Crippen LogP contribution in [0.25, 0.3) is 11.2 Å². The van der Waals surface area contributed by atoms with Gasteiger partial charge in [-0.1, -0.05) is 30.3 Å². The van der Waals surface area contributed by atoms with Gasteiger partial charge in [0.2, 0.25) is 5.91 Å². The zero-order valence-corrected chi connectivity index (χ0v) is 17.0. The van der Waals surface area contributed by atoms with Gasteiger partial charge in [0.05, 0.1) is 25.0 Å². The number of hydrogen-bond donors (Lipinski definition) is 7. The van der Waals surface area contributed by atoms with Crippen molar-refractivity contribution in [1.82, 2.24) is 25.3 Å². The van der Waals surface area contributed by atoms with Gasteiger partial charge in [0, 0.05) is 0 Å². The number of nitrogens with one attached hydrogen (secondary N) is 3. The molecule has 32 heavy (non-hydrogen) atoms. The summed E-state index contributed by atoms with van der Waals surface area (Å²) in [5, 5.41) is 36.6. The van der Waals surface area contributed by atoms with Crippen LogP contribution in [0.1, 0.15) is 5.56 Å². The summed E-state index contributed by atoms with van der Waals surface area (Å²) in [4.78, 5) is 27.6. The van der Waals surface area contributed by atoms with Crippen LogP contribution >= 0.6 is 0 Å². The van der Waals surface area contributed by atoms with Gasteiger partial charge >= 0.3 is 0 Å². The first kappa shape index (κ1) is 22.0. The molecule has 0 spiro atoms. The number of benzene rings is 1. The number of carbonyl (C=O) groups is 1. The number of aromatic nitrogens is 4. The first-order valence-electron chi connectivity index (χ1n) is 10.1. The van der Waals surface area contributed by atoms with Crippen LogP contribution in [0.5, 0.6) is 0 Å². The summed E-state index contributed by atoms with van der Waals surface area (Å²) in [5.74, 6) is -0.235.